The lowest BCUT2D eigenvalue weighted by atomic mass is 9.86. The lowest BCUT2D eigenvalue weighted by molar-refractivity contribution is 0.590. The van der Waals surface area contributed by atoms with E-state index in [9.17, 15) is 0 Å². The van der Waals surface area contributed by atoms with Crippen LogP contribution in [0.15, 0.2) is 86.2 Å². The number of hydrogen-bond acceptors (Lipinski definition) is 1. The molecule has 5 rings (SSSR count). The van der Waals surface area contributed by atoms with Crippen molar-refractivity contribution in [3.05, 3.63) is 92.9 Å². The molecular formula is C24H16Br2O. The Hall–Kier alpha value is -2.10. The summed E-state index contributed by atoms with van der Waals surface area (Å²) in [5, 5.41) is 0. The molecule has 1 aliphatic carbocycles. The van der Waals surface area contributed by atoms with Gasteiger partial charge < -0.3 is 4.42 Å². The number of halogens is 2. The van der Waals surface area contributed by atoms with Crippen molar-refractivity contribution in [1.82, 2.24) is 0 Å². The standard InChI is InChI=1S/C24H16Br2O/c25-18-10-5-16(6-11-18)22-21-14-9-15-3-1-2-4-20(15)24(21)27-23(22)17-7-12-19(26)13-8-17/h1-8,10-13H,9,14H2. The molecule has 0 amide bonds. The minimum absolute atomic E-state index is 0.950. The average molecular weight is 480 g/mol. The largest absolute Gasteiger partial charge is 0.455 e. The van der Waals surface area contributed by atoms with E-state index in [4.69, 9.17) is 4.42 Å². The number of fused-ring (bicyclic) bond motifs is 3. The highest BCUT2D eigenvalue weighted by Crippen LogP contribution is 2.46. The molecule has 3 heteroatoms. The van der Waals surface area contributed by atoms with Crippen LogP contribution in [0, 0.1) is 0 Å². The fourth-order valence-corrected chi connectivity index (χ4v) is 4.40. The minimum atomic E-state index is 0.950. The molecule has 1 aliphatic rings. The van der Waals surface area contributed by atoms with E-state index < -0.39 is 0 Å². The first kappa shape index (κ1) is 17.0. The fourth-order valence-electron chi connectivity index (χ4n) is 3.87. The first-order valence-corrected chi connectivity index (χ1v) is 10.5. The molecule has 0 spiro atoms. The molecule has 0 radical (unpaired) electrons. The van der Waals surface area contributed by atoms with E-state index in [1.165, 1.54) is 27.8 Å². The summed E-state index contributed by atoms with van der Waals surface area (Å²) in [4.78, 5) is 0. The molecule has 0 aliphatic heterocycles. The molecule has 4 aromatic rings. The van der Waals surface area contributed by atoms with Crippen molar-refractivity contribution in [3.63, 3.8) is 0 Å². The third kappa shape index (κ3) is 2.99. The molecule has 1 heterocycles. The van der Waals surface area contributed by atoms with Gasteiger partial charge >= 0.3 is 0 Å². The summed E-state index contributed by atoms with van der Waals surface area (Å²) >= 11 is 7.08. The van der Waals surface area contributed by atoms with Gasteiger partial charge in [0.25, 0.3) is 0 Å². The zero-order valence-electron chi connectivity index (χ0n) is 14.5. The molecule has 3 aromatic carbocycles. The smallest absolute Gasteiger partial charge is 0.142 e. The maximum atomic E-state index is 6.55. The predicted octanol–water partition coefficient (Wildman–Crippen LogP) is 7.90. The van der Waals surface area contributed by atoms with Gasteiger partial charge in [0.15, 0.2) is 0 Å². The molecule has 1 nitrogen and oxygen atoms in total. The van der Waals surface area contributed by atoms with Gasteiger partial charge in [-0.05, 0) is 48.2 Å². The molecule has 0 N–H and O–H groups in total. The van der Waals surface area contributed by atoms with E-state index in [1.54, 1.807) is 0 Å². The van der Waals surface area contributed by atoms with E-state index in [-0.39, 0.29) is 0 Å². The van der Waals surface area contributed by atoms with Crippen molar-refractivity contribution < 1.29 is 4.42 Å². The highest BCUT2D eigenvalue weighted by molar-refractivity contribution is 9.10. The first-order chi connectivity index (χ1) is 13.2. The molecule has 0 fully saturated rings. The Labute approximate surface area is 175 Å². The van der Waals surface area contributed by atoms with E-state index in [0.29, 0.717) is 0 Å². The summed E-state index contributed by atoms with van der Waals surface area (Å²) in [6.07, 6.45) is 2.05. The van der Waals surface area contributed by atoms with Crippen LogP contribution in [0.5, 0.6) is 0 Å². The zero-order valence-corrected chi connectivity index (χ0v) is 17.7. The van der Waals surface area contributed by atoms with Crippen LogP contribution in [0.3, 0.4) is 0 Å². The normalized spacial score (nSPS) is 12.5. The van der Waals surface area contributed by atoms with Gasteiger partial charge in [0.05, 0.1) is 0 Å². The van der Waals surface area contributed by atoms with Crippen LogP contribution in [0.25, 0.3) is 33.8 Å². The fraction of sp³-hybridized carbons (Fsp3) is 0.0833. The van der Waals surface area contributed by atoms with Crippen LogP contribution in [-0.2, 0) is 12.8 Å². The quantitative estimate of drug-likeness (QED) is 0.284. The molecule has 0 bridgehead atoms. The second-order valence-corrected chi connectivity index (χ2v) is 8.62. The lowest BCUT2D eigenvalue weighted by Crippen LogP contribution is -2.02. The molecular weight excluding hydrogens is 464 g/mol. The SMILES string of the molecule is Brc1ccc(-c2oc3c(c2-c2ccc(Br)cc2)CCc2ccccc2-3)cc1. The maximum absolute atomic E-state index is 6.55. The van der Waals surface area contributed by atoms with E-state index >= 15 is 0 Å². The third-order valence-electron chi connectivity index (χ3n) is 5.15. The van der Waals surface area contributed by atoms with E-state index in [2.05, 4.69) is 105 Å². The molecule has 132 valence electrons. The second-order valence-electron chi connectivity index (χ2n) is 6.78. The van der Waals surface area contributed by atoms with Crippen LogP contribution < -0.4 is 0 Å². The van der Waals surface area contributed by atoms with E-state index in [0.717, 1.165) is 38.9 Å². The highest BCUT2D eigenvalue weighted by atomic mass is 79.9. The van der Waals surface area contributed by atoms with Gasteiger partial charge in [-0.2, -0.15) is 0 Å². The van der Waals surface area contributed by atoms with Crippen LogP contribution in [-0.4, -0.2) is 0 Å². The van der Waals surface area contributed by atoms with Crippen molar-refractivity contribution in [3.8, 4) is 33.8 Å². The zero-order chi connectivity index (χ0) is 18.4. The Morgan fingerprint density at radius 1 is 0.630 bits per heavy atom. The van der Waals surface area contributed by atoms with Crippen LogP contribution >= 0.6 is 31.9 Å². The van der Waals surface area contributed by atoms with Crippen LogP contribution in [0.4, 0.5) is 0 Å². The summed E-state index contributed by atoms with van der Waals surface area (Å²) in [6, 6.07) is 25.5. The average Bonchev–Trinajstić information content (AvgIpc) is 3.09. The second kappa shape index (κ2) is 6.81. The Morgan fingerprint density at radius 3 is 1.96 bits per heavy atom. The predicted molar refractivity (Wildman–Crippen MR) is 118 cm³/mol. The van der Waals surface area contributed by atoms with Gasteiger partial charge in [-0.15, -0.1) is 0 Å². The van der Waals surface area contributed by atoms with E-state index in [1.807, 2.05) is 0 Å². The van der Waals surface area contributed by atoms with Gasteiger partial charge in [-0.1, -0.05) is 80.4 Å². The summed E-state index contributed by atoms with van der Waals surface area (Å²) in [5.41, 5.74) is 7.41. The molecule has 0 saturated heterocycles. The Bertz CT molecular complexity index is 1120. The lowest BCUT2D eigenvalue weighted by Gasteiger charge is -2.15. The van der Waals surface area contributed by atoms with Gasteiger partial charge in [-0.3, -0.25) is 0 Å². The highest BCUT2D eigenvalue weighted by Gasteiger charge is 2.27. The Kier molecular flexibility index (Phi) is 4.30. The molecule has 0 atom stereocenters. The molecule has 0 saturated carbocycles. The maximum Gasteiger partial charge on any atom is 0.142 e. The minimum Gasteiger partial charge on any atom is -0.455 e. The van der Waals surface area contributed by atoms with Crippen LogP contribution in [0.2, 0.25) is 0 Å². The van der Waals surface area contributed by atoms with Crippen molar-refractivity contribution in [2.24, 2.45) is 0 Å². The molecule has 27 heavy (non-hydrogen) atoms. The topological polar surface area (TPSA) is 13.1 Å². The number of hydrogen-bond donors (Lipinski definition) is 0. The first-order valence-electron chi connectivity index (χ1n) is 8.96. The Balaban J connectivity index is 1.79. The summed E-state index contributed by atoms with van der Waals surface area (Å²) < 4.78 is 8.70. The van der Waals surface area contributed by atoms with Crippen molar-refractivity contribution in [2.45, 2.75) is 12.8 Å². The van der Waals surface area contributed by atoms with Gasteiger partial charge in [0, 0.05) is 31.2 Å². The molecule has 0 unspecified atom stereocenters. The van der Waals surface area contributed by atoms with Crippen LogP contribution in [0.1, 0.15) is 11.1 Å². The summed E-state index contributed by atoms with van der Waals surface area (Å²) in [6.45, 7) is 0. The number of rotatable bonds is 2. The molecule has 1 aromatic heterocycles. The number of aryl methyl sites for hydroxylation is 1. The summed E-state index contributed by atoms with van der Waals surface area (Å²) in [7, 11) is 0. The Morgan fingerprint density at radius 2 is 1.26 bits per heavy atom. The van der Waals surface area contributed by atoms with Crippen molar-refractivity contribution >= 4 is 31.9 Å². The number of furan rings is 1. The van der Waals surface area contributed by atoms with Gasteiger partial charge in [0.2, 0.25) is 0 Å². The summed E-state index contributed by atoms with van der Waals surface area (Å²) in [5.74, 6) is 1.97. The third-order valence-corrected chi connectivity index (χ3v) is 6.21. The van der Waals surface area contributed by atoms with Gasteiger partial charge in [0.1, 0.15) is 11.5 Å². The van der Waals surface area contributed by atoms with Crippen molar-refractivity contribution in [1.29, 1.82) is 0 Å². The van der Waals surface area contributed by atoms with Crippen molar-refractivity contribution in [2.75, 3.05) is 0 Å². The monoisotopic (exact) mass is 478 g/mol. The number of benzene rings is 3. The van der Waals surface area contributed by atoms with Gasteiger partial charge in [-0.25, -0.2) is 0 Å².